The van der Waals surface area contributed by atoms with Crippen LogP contribution in [0, 0.1) is 5.41 Å². The molecule has 0 N–H and O–H groups in total. The Labute approximate surface area is 81.3 Å². The van der Waals surface area contributed by atoms with Crippen molar-refractivity contribution >= 4 is 5.91 Å². The molecule has 0 aromatic heterocycles. The molecule has 0 bridgehead atoms. The molecule has 0 radical (unpaired) electrons. The zero-order valence-electron chi connectivity index (χ0n) is 9.10. The van der Waals surface area contributed by atoms with Crippen molar-refractivity contribution < 1.29 is 4.79 Å². The highest BCUT2D eigenvalue weighted by Crippen LogP contribution is 2.46. The summed E-state index contributed by atoms with van der Waals surface area (Å²) in [7, 11) is 0. The Balaban J connectivity index is 0.000000396. The molecule has 13 heavy (non-hydrogen) atoms. The van der Waals surface area contributed by atoms with E-state index in [2.05, 4.69) is 6.92 Å². The Morgan fingerprint density at radius 1 is 1.15 bits per heavy atom. The van der Waals surface area contributed by atoms with Crippen molar-refractivity contribution in [3.05, 3.63) is 0 Å². The highest BCUT2D eigenvalue weighted by atomic mass is 16.2. The molecule has 0 spiro atoms. The predicted octanol–water partition coefficient (Wildman–Crippen LogP) is 2.44. The molecule has 2 heteroatoms. The summed E-state index contributed by atoms with van der Waals surface area (Å²) in [6, 6.07) is 0. The minimum absolute atomic E-state index is 0.0599. The van der Waals surface area contributed by atoms with Crippen LogP contribution >= 0.6 is 0 Å². The molecule has 1 saturated heterocycles. The van der Waals surface area contributed by atoms with Gasteiger partial charge in [-0.3, -0.25) is 4.79 Å². The number of carbonyl (C=O) groups is 1. The molecule has 1 aliphatic heterocycles. The average Bonchev–Trinajstić information content (AvgIpc) is 2.74. The van der Waals surface area contributed by atoms with E-state index < -0.39 is 0 Å². The highest BCUT2D eigenvalue weighted by Gasteiger charge is 2.47. The minimum Gasteiger partial charge on any atom is -0.342 e. The van der Waals surface area contributed by atoms with Crippen molar-refractivity contribution in [2.45, 2.75) is 46.5 Å². The van der Waals surface area contributed by atoms with Crippen LogP contribution in [0.3, 0.4) is 0 Å². The molecule has 2 aliphatic rings. The number of likely N-dealkylation sites (tertiary alicyclic amines) is 1. The molecule has 0 atom stereocenters. The first kappa shape index (κ1) is 10.6. The molecule has 0 aromatic carbocycles. The van der Waals surface area contributed by atoms with E-state index in [-0.39, 0.29) is 5.41 Å². The maximum Gasteiger partial charge on any atom is 0.228 e. The Morgan fingerprint density at radius 2 is 1.62 bits per heavy atom. The van der Waals surface area contributed by atoms with Gasteiger partial charge in [-0.15, -0.1) is 0 Å². The van der Waals surface area contributed by atoms with Crippen LogP contribution in [-0.4, -0.2) is 23.9 Å². The summed E-state index contributed by atoms with van der Waals surface area (Å²) in [5, 5.41) is 0. The maximum atomic E-state index is 11.7. The van der Waals surface area contributed by atoms with Gasteiger partial charge in [0.15, 0.2) is 0 Å². The Kier molecular flexibility index (Phi) is 3.34. The normalized spacial score (nSPS) is 23.5. The standard InChI is InChI=1S/C9H15NO.C2H6/c1-9(4-5-9)8(11)10-6-2-3-7-10;1-2/h2-7H2,1H3;1-2H3. The molecule has 0 aromatic rings. The van der Waals surface area contributed by atoms with E-state index in [0.717, 1.165) is 25.9 Å². The van der Waals surface area contributed by atoms with Gasteiger partial charge in [0.2, 0.25) is 5.91 Å². The first-order chi connectivity index (χ1) is 6.22. The van der Waals surface area contributed by atoms with Crippen LogP contribution < -0.4 is 0 Å². The Bertz CT molecular complexity index is 179. The summed E-state index contributed by atoms with van der Waals surface area (Å²) in [6.45, 7) is 8.11. The van der Waals surface area contributed by atoms with Gasteiger partial charge in [0.25, 0.3) is 0 Å². The highest BCUT2D eigenvalue weighted by molar-refractivity contribution is 5.85. The fourth-order valence-corrected chi connectivity index (χ4v) is 1.70. The van der Waals surface area contributed by atoms with Gasteiger partial charge in [-0.05, 0) is 25.7 Å². The molecule has 1 aliphatic carbocycles. The van der Waals surface area contributed by atoms with Crippen LogP contribution in [0.15, 0.2) is 0 Å². The Morgan fingerprint density at radius 3 is 2.00 bits per heavy atom. The van der Waals surface area contributed by atoms with E-state index in [1.165, 1.54) is 12.8 Å². The minimum atomic E-state index is 0.0599. The second-order valence-electron chi connectivity index (χ2n) is 4.06. The van der Waals surface area contributed by atoms with Gasteiger partial charge in [0.05, 0.1) is 0 Å². The smallest absolute Gasteiger partial charge is 0.228 e. The lowest BCUT2D eigenvalue weighted by molar-refractivity contribution is -0.135. The third-order valence-electron chi connectivity index (χ3n) is 2.91. The summed E-state index contributed by atoms with van der Waals surface area (Å²) in [6.07, 6.45) is 4.65. The molecule has 2 rings (SSSR count). The summed E-state index contributed by atoms with van der Waals surface area (Å²) >= 11 is 0. The summed E-state index contributed by atoms with van der Waals surface area (Å²) < 4.78 is 0. The van der Waals surface area contributed by atoms with Crippen molar-refractivity contribution in [3.63, 3.8) is 0 Å². The summed E-state index contributed by atoms with van der Waals surface area (Å²) in [5.74, 6) is 0.412. The average molecular weight is 183 g/mol. The van der Waals surface area contributed by atoms with E-state index >= 15 is 0 Å². The Hall–Kier alpha value is -0.530. The van der Waals surface area contributed by atoms with Crippen LogP contribution in [-0.2, 0) is 4.79 Å². The van der Waals surface area contributed by atoms with Crippen LogP contribution in [0.1, 0.15) is 46.5 Å². The van der Waals surface area contributed by atoms with Crippen LogP contribution in [0.4, 0.5) is 0 Å². The first-order valence-corrected chi connectivity index (χ1v) is 5.52. The van der Waals surface area contributed by atoms with E-state index in [9.17, 15) is 4.79 Å². The fraction of sp³-hybridized carbons (Fsp3) is 0.909. The third kappa shape index (κ3) is 2.23. The van der Waals surface area contributed by atoms with E-state index in [1.54, 1.807) is 0 Å². The molecule has 1 amide bonds. The van der Waals surface area contributed by atoms with Crippen LogP contribution in [0.2, 0.25) is 0 Å². The van der Waals surface area contributed by atoms with Gasteiger partial charge >= 0.3 is 0 Å². The number of hydrogen-bond donors (Lipinski definition) is 0. The number of rotatable bonds is 1. The lowest BCUT2D eigenvalue weighted by Crippen LogP contribution is -2.33. The second-order valence-corrected chi connectivity index (χ2v) is 4.06. The molecule has 2 fully saturated rings. The first-order valence-electron chi connectivity index (χ1n) is 5.52. The van der Waals surface area contributed by atoms with Crippen molar-refractivity contribution in [3.8, 4) is 0 Å². The van der Waals surface area contributed by atoms with Crippen LogP contribution in [0.25, 0.3) is 0 Å². The van der Waals surface area contributed by atoms with E-state index in [4.69, 9.17) is 0 Å². The maximum absolute atomic E-state index is 11.7. The molecular formula is C11H21NO. The van der Waals surface area contributed by atoms with Gasteiger partial charge in [-0.1, -0.05) is 20.8 Å². The quantitative estimate of drug-likeness (QED) is 0.611. The third-order valence-corrected chi connectivity index (χ3v) is 2.91. The largest absolute Gasteiger partial charge is 0.342 e. The number of hydrogen-bond acceptors (Lipinski definition) is 1. The van der Waals surface area contributed by atoms with Gasteiger partial charge < -0.3 is 4.90 Å². The summed E-state index contributed by atoms with van der Waals surface area (Å²) in [4.78, 5) is 13.7. The van der Waals surface area contributed by atoms with Gasteiger partial charge in [0.1, 0.15) is 0 Å². The summed E-state index contributed by atoms with van der Waals surface area (Å²) in [5.41, 5.74) is 0.0599. The number of amides is 1. The monoisotopic (exact) mass is 183 g/mol. The molecule has 1 saturated carbocycles. The molecule has 1 heterocycles. The van der Waals surface area contributed by atoms with Gasteiger partial charge in [0, 0.05) is 18.5 Å². The molecule has 2 nitrogen and oxygen atoms in total. The molecular weight excluding hydrogens is 162 g/mol. The second kappa shape index (κ2) is 4.12. The number of carbonyl (C=O) groups excluding carboxylic acids is 1. The zero-order valence-corrected chi connectivity index (χ0v) is 9.10. The lowest BCUT2D eigenvalue weighted by Gasteiger charge is -2.19. The predicted molar refractivity (Wildman–Crippen MR) is 54.5 cm³/mol. The topological polar surface area (TPSA) is 20.3 Å². The zero-order chi connectivity index (χ0) is 9.90. The molecule has 76 valence electrons. The van der Waals surface area contributed by atoms with Crippen molar-refractivity contribution in [1.82, 2.24) is 4.90 Å². The number of nitrogens with zero attached hydrogens (tertiary/aromatic N) is 1. The van der Waals surface area contributed by atoms with Gasteiger partial charge in [-0.2, -0.15) is 0 Å². The SMILES string of the molecule is CC.CC1(C(=O)N2CCCC2)CC1. The van der Waals surface area contributed by atoms with Crippen molar-refractivity contribution in [2.75, 3.05) is 13.1 Å². The molecule has 0 unspecified atom stereocenters. The lowest BCUT2D eigenvalue weighted by atomic mass is 10.1. The van der Waals surface area contributed by atoms with E-state index in [0.29, 0.717) is 5.91 Å². The van der Waals surface area contributed by atoms with Crippen molar-refractivity contribution in [1.29, 1.82) is 0 Å². The van der Waals surface area contributed by atoms with Crippen molar-refractivity contribution in [2.24, 2.45) is 5.41 Å². The van der Waals surface area contributed by atoms with E-state index in [1.807, 2.05) is 18.7 Å². The van der Waals surface area contributed by atoms with Crippen LogP contribution in [0.5, 0.6) is 0 Å². The van der Waals surface area contributed by atoms with Gasteiger partial charge in [-0.25, -0.2) is 0 Å². The fourth-order valence-electron chi connectivity index (χ4n) is 1.70.